The van der Waals surface area contributed by atoms with Gasteiger partial charge < -0.3 is 9.84 Å². The minimum absolute atomic E-state index is 0.102. The highest BCUT2D eigenvalue weighted by Gasteiger charge is 2.65. The number of alkyl halides is 2. The Morgan fingerprint density at radius 2 is 1.85 bits per heavy atom. The van der Waals surface area contributed by atoms with Crippen molar-refractivity contribution in [3.05, 3.63) is 0 Å². The largest absolute Gasteiger partial charge is 0.463 e. The van der Waals surface area contributed by atoms with Crippen molar-refractivity contribution in [3.63, 3.8) is 0 Å². The number of carbonyl (C=O) groups is 1. The minimum Gasteiger partial charge on any atom is -0.463 e. The monoisotopic (exact) mass is 602 g/mol. The summed E-state index contributed by atoms with van der Waals surface area (Å²) in [6.45, 7) is 11.0. The number of esters is 1. The molecule has 3 nitrogen and oxygen atoms in total. The second-order valence-corrected chi connectivity index (χ2v) is 16.0. The predicted octanol–water partition coefficient (Wildman–Crippen LogP) is 8.05. The van der Waals surface area contributed by atoms with E-state index in [2.05, 4.69) is 52.6 Å². The summed E-state index contributed by atoms with van der Waals surface area (Å²) in [6.07, 6.45) is 15.2. The highest BCUT2D eigenvalue weighted by atomic mass is 79.9. The van der Waals surface area contributed by atoms with Crippen LogP contribution in [0.25, 0.3) is 0 Å². The summed E-state index contributed by atoms with van der Waals surface area (Å²) in [5.74, 6) is 3.74. The molecule has 0 spiro atoms. The van der Waals surface area contributed by atoms with Gasteiger partial charge in [0.15, 0.2) is 0 Å². The zero-order chi connectivity index (χ0) is 24.9. The van der Waals surface area contributed by atoms with Crippen LogP contribution in [0.15, 0.2) is 0 Å². The van der Waals surface area contributed by atoms with Crippen LogP contribution in [0.3, 0.4) is 0 Å². The molecule has 4 aliphatic carbocycles. The van der Waals surface area contributed by atoms with Gasteiger partial charge in [0.1, 0.15) is 6.61 Å². The lowest BCUT2D eigenvalue weighted by molar-refractivity contribution is -0.148. The van der Waals surface area contributed by atoms with Crippen molar-refractivity contribution in [2.45, 2.75) is 126 Å². The van der Waals surface area contributed by atoms with Gasteiger partial charge in [0, 0.05) is 16.1 Å². The van der Waals surface area contributed by atoms with Crippen molar-refractivity contribution in [1.29, 1.82) is 0 Å². The van der Waals surface area contributed by atoms with Crippen molar-refractivity contribution in [3.8, 4) is 0 Å². The number of hydrogen-bond donors (Lipinski definition) is 1. The lowest BCUT2D eigenvalue weighted by Gasteiger charge is -2.65. The standard InChI is InChI=1S/C29H48Br2O3/c1-19(9-8-13-26(3,33)18-34-20(2)32)22-10-11-23-21-17-25(30)29(31)15-7-6-14-28(29,5)24(21)12-16-27(22,23)4/h19,21-25,33H,6-18H2,1-5H3/t19-,21+,22-,23+,24+,25?,26?,27-,28-,29?/m1/s1. The fourth-order valence-corrected chi connectivity index (χ4v) is 11.7. The Bertz CT molecular complexity index is 756. The second-order valence-electron chi connectivity index (χ2n) is 13.4. The molecule has 0 aromatic heterocycles. The molecule has 4 rings (SSSR count). The van der Waals surface area contributed by atoms with Gasteiger partial charge in [0.05, 0.1) is 5.60 Å². The van der Waals surface area contributed by atoms with Gasteiger partial charge in [0.25, 0.3) is 0 Å². The van der Waals surface area contributed by atoms with Crippen LogP contribution >= 0.6 is 31.9 Å². The third kappa shape index (κ3) is 4.70. The number of fused-ring (bicyclic) bond motifs is 5. The molecule has 4 fully saturated rings. The Morgan fingerprint density at radius 3 is 2.56 bits per heavy atom. The van der Waals surface area contributed by atoms with E-state index in [1.807, 2.05) is 0 Å². The molecular formula is C29H48Br2O3. The Morgan fingerprint density at radius 1 is 1.15 bits per heavy atom. The molecule has 5 heteroatoms. The first-order valence-electron chi connectivity index (χ1n) is 14.0. The minimum atomic E-state index is -0.920. The average molecular weight is 605 g/mol. The molecule has 34 heavy (non-hydrogen) atoms. The number of carbonyl (C=O) groups excluding carboxylic acids is 1. The zero-order valence-corrected chi connectivity index (χ0v) is 25.3. The summed E-state index contributed by atoms with van der Waals surface area (Å²) >= 11 is 8.56. The van der Waals surface area contributed by atoms with E-state index in [1.165, 1.54) is 64.7 Å². The van der Waals surface area contributed by atoms with Crippen LogP contribution in [0.5, 0.6) is 0 Å². The van der Waals surface area contributed by atoms with Gasteiger partial charge >= 0.3 is 5.97 Å². The van der Waals surface area contributed by atoms with Gasteiger partial charge in [-0.25, -0.2) is 0 Å². The van der Waals surface area contributed by atoms with Gasteiger partial charge in [-0.2, -0.15) is 0 Å². The smallest absolute Gasteiger partial charge is 0.302 e. The van der Waals surface area contributed by atoms with Crippen molar-refractivity contribution >= 4 is 37.8 Å². The fourth-order valence-electron chi connectivity index (χ4n) is 9.52. The van der Waals surface area contributed by atoms with Crippen LogP contribution in [0, 0.1) is 40.4 Å². The van der Waals surface area contributed by atoms with E-state index in [4.69, 9.17) is 4.74 Å². The van der Waals surface area contributed by atoms with Crippen LogP contribution in [-0.2, 0) is 9.53 Å². The number of rotatable bonds is 7. The molecule has 0 bridgehead atoms. The average Bonchev–Trinajstić information content (AvgIpc) is 3.11. The predicted molar refractivity (Wildman–Crippen MR) is 146 cm³/mol. The first-order valence-corrected chi connectivity index (χ1v) is 15.7. The van der Waals surface area contributed by atoms with E-state index in [-0.39, 0.29) is 16.9 Å². The van der Waals surface area contributed by atoms with Gasteiger partial charge in [0.2, 0.25) is 0 Å². The normalized spacial score (nSPS) is 46.5. The molecule has 3 unspecified atom stereocenters. The molecular weight excluding hydrogens is 556 g/mol. The highest BCUT2D eigenvalue weighted by Crippen LogP contribution is 2.71. The molecule has 0 radical (unpaired) electrons. The van der Waals surface area contributed by atoms with E-state index in [0.29, 0.717) is 28.0 Å². The topological polar surface area (TPSA) is 46.5 Å². The molecule has 1 N–H and O–H groups in total. The Hall–Kier alpha value is 0.390. The Kier molecular flexibility index (Phi) is 8.01. The SMILES string of the molecule is CC(=O)OCC(C)(O)CCC[C@@H](C)[C@H]1CC[C@H]2[C@@H]3CC(Br)C4(Br)CCCC[C@]4(C)[C@H]3CC[C@]12C. The number of halogens is 2. The van der Waals surface area contributed by atoms with Crippen molar-refractivity contribution in [1.82, 2.24) is 0 Å². The fraction of sp³-hybridized carbons (Fsp3) is 0.966. The van der Waals surface area contributed by atoms with Crippen molar-refractivity contribution in [2.75, 3.05) is 6.61 Å². The van der Waals surface area contributed by atoms with Crippen molar-refractivity contribution < 1.29 is 14.6 Å². The lowest BCUT2D eigenvalue weighted by atomic mass is 9.44. The van der Waals surface area contributed by atoms with E-state index >= 15 is 0 Å². The second kappa shape index (κ2) is 9.93. The van der Waals surface area contributed by atoms with Crippen LogP contribution in [0.1, 0.15) is 112 Å². The van der Waals surface area contributed by atoms with E-state index in [9.17, 15) is 9.90 Å². The number of ether oxygens (including phenoxy) is 1. The molecule has 0 heterocycles. The highest BCUT2D eigenvalue weighted by molar-refractivity contribution is 9.12. The molecule has 4 saturated carbocycles. The van der Waals surface area contributed by atoms with E-state index in [1.54, 1.807) is 6.92 Å². The van der Waals surface area contributed by atoms with Gasteiger partial charge in [-0.1, -0.05) is 78.3 Å². The first-order chi connectivity index (χ1) is 15.8. The molecule has 10 atom stereocenters. The molecule has 0 amide bonds. The van der Waals surface area contributed by atoms with Crippen LogP contribution < -0.4 is 0 Å². The maximum absolute atomic E-state index is 11.1. The summed E-state index contributed by atoms with van der Waals surface area (Å²) in [4.78, 5) is 11.7. The van der Waals surface area contributed by atoms with Crippen LogP contribution in [0.2, 0.25) is 0 Å². The van der Waals surface area contributed by atoms with Crippen molar-refractivity contribution in [2.24, 2.45) is 40.4 Å². The summed E-state index contributed by atoms with van der Waals surface area (Å²) in [5, 5.41) is 10.6. The Balaban J connectivity index is 1.41. The molecule has 0 aliphatic heterocycles. The third-order valence-corrected chi connectivity index (χ3v) is 15.0. The Labute approximate surface area is 225 Å². The first kappa shape index (κ1) is 27.4. The van der Waals surface area contributed by atoms with Crippen LogP contribution in [0.4, 0.5) is 0 Å². The zero-order valence-electron chi connectivity index (χ0n) is 22.2. The summed E-state index contributed by atoms with van der Waals surface area (Å²) in [5.41, 5.74) is -0.0397. The third-order valence-electron chi connectivity index (χ3n) is 11.4. The van der Waals surface area contributed by atoms with E-state index < -0.39 is 5.60 Å². The summed E-state index contributed by atoms with van der Waals surface area (Å²) in [7, 11) is 0. The molecule has 0 aromatic rings. The molecule has 0 saturated heterocycles. The van der Waals surface area contributed by atoms with Gasteiger partial charge in [-0.05, 0) is 98.7 Å². The lowest BCUT2D eigenvalue weighted by Crippen LogP contribution is -2.63. The summed E-state index contributed by atoms with van der Waals surface area (Å²) < 4.78 is 5.35. The number of aliphatic hydroxyl groups is 1. The number of hydrogen-bond acceptors (Lipinski definition) is 3. The quantitative estimate of drug-likeness (QED) is 0.236. The molecule has 4 aliphatic rings. The molecule has 0 aromatic carbocycles. The maximum Gasteiger partial charge on any atom is 0.302 e. The summed E-state index contributed by atoms with van der Waals surface area (Å²) in [6, 6.07) is 0. The maximum atomic E-state index is 11.1. The van der Waals surface area contributed by atoms with E-state index in [0.717, 1.165) is 36.5 Å². The van der Waals surface area contributed by atoms with Crippen LogP contribution in [-0.4, -0.2) is 32.4 Å². The van der Waals surface area contributed by atoms with Gasteiger partial charge in [-0.3, -0.25) is 4.79 Å². The van der Waals surface area contributed by atoms with Gasteiger partial charge in [-0.15, -0.1) is 0 Å². The molecule has 196 valence electrons.